The van der Waals surface area contributed by atoms with Gasteiger partial charge in [0, 0.05) is 23.4 Å². The maximum Gasteiger partial charge on any atom is 0.259 e. The molecule has 0 saturated carbocycles. The third kappa shape index (κ3) is 2.58. The van der Waals surface area contributed by atoms with Crippen molar-refractivity contribution < 1.29 is 14.3 Å². The number of ether oxygens (including phenoxy) is 1. The summed E-state index contributed by atoms with van der Waals surface area (Å²) in [5.41, 5.74) is 3.79. The normalized spacial score (nSPS) is 18.4. The van der Waals surface area contributed by atoms with Crippen LogP contribution >= 0.6 is 0 Å². The smallest absolute Gasteiger partial charge is 0.259 e. The van der Waals surface area contributed by atoms with Crippen LogP contribution in [0.25, 0.3) is 11.1 Å². The summed E-state index contributed by atoms with van der Waals surface area (Å²) in [6.45, 7) is 6.02. The maximum atomic E-state index is 13.3. The van der Waals surface area contributed by atoms with Crippen LogP contribution in [0.2, 0.25) is 0 Å². The van der Waals surface area contributed by atoms with Crippen molar-refractivity contribution in [2.75, 3.05) is 12.0 Å². The number of carbonyl (C=O) groups is 2. The Morgan fingerprint density at radius 2 is 1.96 bits per heavy atom. The van der Waals surface area contributed by atoms with Crippen LogP contribution in [0.15, 0.2) is 48.7 Å². The summed E-state index contributed by atoms with van der Waals surface area (Å²) < 4.78 is 5.43. The van der Waals surface area contributed by atoms with Crippen molar-refractivity contribution in [3.63, 3.8) is 0 Å². The highest BCUT2D eigenvalue weighted by atomic mass is 16.5. The van der Waals surface area contributed by atoms with Crippen LogP contribution in [0.4, 0.5) is 5.69 Å². The zero-order valence-corrected chi connectivity index (χ0v) is 15.7. The molecular formula is C22H20N2O3. The first kappa shape index (κ1) is 17.2. The van der Waals surface area contributed by atoms with Gasteiger partial charge in [-0.25, -0.2) is 0 Å². The lowest BCUT2D eigenvalue weighted by Gasteiger charge is -2.38. The van der Waals surface area contributed by atoms with Crippen LogP contribution in [0.5, 0.6) is 5.75 Å². The van der Waals surface area contributed by atoms with E-state index in [2.05, 4.69) is 11.1 Å². The summed E-state index contributed by atoms with van der Waals surface area (Å²) in [5.74, 6) is 0.178. The molecule has 0 saturated heterocycles. The number of amides is 1. The fourth-order valence-electron chi connectivity index (χ4n) is 3.88. The van der Waals surface area contributed by atoms with Crippen LogP contribution in [0, 0.1) is 0 Å². The van der Waals surface area contributed by atoms with E-state index in [0.29, 0.717) is 17.0 Å². The number of anilines is 1. The second-order valence-corrected chi connectivity index (χ2v) is 7.33. The molecule has 2 aliphatic rings. The van der Waals surface area contributed by atoms with Gasteiger partial charge < -0.3 is 4.74 Å². The summed E-state index contributed by atoms with van der Waals surface area (Å²) in [6.07, 6.45) is 5.03. The van der Waals surface area contributed by atoms with Crippen molar-refractivity contribution in [2.45, 2.75) is 26.3 Å². The molecule has 0 unspecified atom stereocenters. The van der Waals surface area contributed by atoms with E-state index in [-0.39, 0.29) is 11.7 Å². The molecule has 0 radical (unpaired) electrons. The summed E-state index contributed by atoms with van der Waals surface area (Å²) in [7, 11) is 1.59. The second-order valence-electron chi connectivity index (χ2n) is 7.33. The number of allylic oxidation sites excluding steroid dienone is 2. The van der Waals surface area contributed by atoms with Crippen molar-refractivity contribution in [2.24, 2.45) is 0 Å². The Balaban J connectivity index is 1.93. The highest BCUT2D eigenvalue weighted by Gasteiger charge is 2.44. The lowest BCUT2D eigenvalue weighted by molar-refractivity contribution is -0.113. The third-order valence-corrected chi connectivity index (χ3v) is 5.03. The quantitative estimate of drug-likeness (QED) is 0.615. The van der Waals surface area contributed by atoms with E-state index in [0.717, 1.165) is 22.4 Å². The zero-order valence-electron chi connectivity index (χ0n) is 15.7. The van der Waals surface area contributed by atoms with E-state index in [1.165, 1.54) is 6.08 Å². The van der Waals surface area contributed by atoms with Crippen molar-refractivity contribution in [3.05, 3.63) is 65.5 Å². The first-order valence-corrected chi connectivity index (χ1v) is 8.77. The number of carbonyl (C=O) groups excluding carboxylic acids is 2. The fourth-order valence-corrected chi connectivity index (χ4v) is 3.88. The number of aromatic nitrogens is 1. The lowest BCUT2D eigenvalue weighted by Crippen LogP contribution is -2.46. The number of nitrogens with zero attached hydrogens (tertiary/aromatic N) is 2. The van der Waals surface area contributed by atoms with E-state index in [9.17, 15) is 9.59 Å². The van der Waals surface area contributed by atoms with Crippen LogP contribution in [-0.2, 0) is 4.79 Å². The first-order chi connectivity index (χ1) is 12.8. The largest absolute Gasteiger partial charge is 0.497 e. The van der Waals surface area contributed by atoms with E-state index in [1.807, 2.05) is 32.9 Å². The number of benzene rings is 1. The van der Waals surface area contributed by atoms with Crippen LogP contribution in [-0.4, -0.2) is 29.3 Å². The molecule has 0 spiro atoms. The van der Waals surface area contributed by atoms with E-state index in [4.69, 9.17) is 4.74 Å². The van der Waals surface area contributed by atoms with Gasteiger partial charge in [0.1, 0.15) is 11.4 Å². The minimum absolute atomic E-state index is 0.183. The molecule has 1 amide bonds. The van der Waals surface area contributed by atoms with Crippen LogP contribution in [0.3, 0.4) is 0 Å². The minimum Gasteiger partial charge on any atom is -0.497 e. The number of pyridine rings is 1. The number of ketones is 1. The van der Waals surface area contributed by atoms with Crippen molar-refractivity contribution >= 4 is 28.5 Å². The molecule has 3 heterocycles. The Kier molecular flexibility index (Phi) is 3.77. The molecule has 27 heavy (non-hydrogen) atoms. The summed E-state index contributed by atoms with van der Waals surface area (Å²) in [6, 6.07) is 8.90. The topological polar surface area (TPSA) is 59.5 Å². The van der Waals surface area contributed by atoms with Crippen LogP contribution in [0.1, 0.15) is 42.4 Å². The maximum absolute atomic E-state index is 13.3. The van der Waals surface area contributed by atoms with Gasteiger partial charge in [0.15, 0.2) is 0 Å². The summed E-state index contributed by atoms with van der Waals surface area (Å²) in [5, 5.41) is 0. The van der Waals surface area contributed by atoms with Crippen molar-refractivity contribution in [3.8, 4) is 5.75 Å². The molecule has 5 nitrogen and oxygen atoms in total. The molecule has 0 atom stereocenters. The standard InChI is InChI=1S/C22H20N2O3/c1-13-12-22(2,3)24-20-15(13)9-14(27-4)10-16(20)17(21(24)26)11-19(25)18-7-5-6-8-23-18/h5-12H,1-4H3. The summed E-state index contributed by atoms with van der Waals surface area (Å²) >= 11 is 0. The second kappa shape index (κ2) is 5.91. The SMILES string of the molecule is COc1cc2c3c(c1)C(=CC(=O)c1ccccn1)C(=O)N3C(C)(C)C=C2C. The number of hydrogen-bond donors (Lipinski definition) is 0. The van der Waals surface area contributed by atoms with Crippen molar-refractivity contribution in [1.29, 1.82) is 0 Å². The molecule has 5 heteroatoms. The molecular weight excluding hydrogens is 340 g/mol. The molecule has 1 aromatic heterocycles. The van der Waals surface area contributed by atoms with Gasteiger partial charge in [0.2, 0.25) is 5.78 Å². The molecule has 0 N–H and O–H groups in total. The van der Waals surface area contributed by atoms with Gasteiger partial charge in [-0.1, -0.05) is 12.1 Å². The zero-order chi connectivity index (χ0) is 19.3. The third-order valence-electron chi connectivity index (χ3n) is 5.03. The Labute approximate surface area is 158 Å². The van der Waals surface area contributed by atoms with Gasteiger partial charge in [-0.15, -0.1) is 0 Å². The molecule has 0 aliphatic carbocycles. The molecule has 0 fully saturated rings. The Hall–Kier alpha value is -3.21. The average molecular weight is 360 g/mol. The van der Waals surface area contributed by atoms with Crippen LogP contribution < -0.4 is 9.64 Å². The molecule has 2 aliphatic heterocycles. The molecule has 4 rings (SSSR count). The minimum atomic E-state index is -0.485. The van der Waals surface area contributed by atoms with Gasteiger partial charge in [0.25, 0.3) is 5.91 Å². The number of methoxy groups -OCH3 is 1. The van der Waals surface area contributed by atoms with Gasteiger partial charge in [-0.05, 0) is 50.6 Å². The Morgan fingerprint density at radius 3 is 2.63 bits per heavy atom. The molecule has 1 aromatic carbocycles. The van der Waals surface area contributed by atoms with Gasteiger partial charge in [-0.3, -0.25) is 19.5 Å². The van der Waals surface area contributed by atoms with E-state index < -0.39 is 5.54 Å². The molecule has 2 aromatic rings. The van der Waals surface area contributed by atoms with E-state index in [1.54, 1.807) is 36.4 Å². The Bertz CT molecular complexity index is 1030. The van der Waals surface area contributed by atoms with Crippen molar-refractivity contribution in [1.82, 2.24) is 4.98 Å². The van der Waals surface area contributed by atoms with Gasteiger partial charge >= 0.3 is 0 Å². The predicted octanol–water partition coefficient (Wildman–Crippen LogP) is 3.90. The predicted molar refractivity (Wildman–Crippen MR) is 105 cm³/mol. The lowest BCUT2D eigenvalue weighted by atomic mass is 9.89. The fraction of sp³-hybridized carbons (Fsp3) is 0.227. The molecule has 136 valence electrons. The highest BCUT2D eigenvalue weighted by Crippen LogP contribution is 2.50. The molecule has 0 bridgehead atoms. The Morgan fingerprint density at radius 1 is 1.22 bits per heavy atom. The first-order valence-electron chi connectivity index (χ1n) is 8.77. The number of rotatable bonds is 3. The van der Waals surface area contributed by atoms with Gasteiger partial charge in [-0.2, -0.15) is 0 Å². The number of hydrogen-bond acceptors (Lipinski definition) is 4. The van der Waals surface area contributed by atoms with Gasteiger partial charge in [0.05, 0.1) is 23.9 Å². The monoisotopic (exact) mass is 360 g/mol. The van der Waals surface area contributed by atoms with E-state index >= 15 is 0 Å². The highest BCUT2D eigenvalue weighted by molar-refractivity contribution is 6.37. The summed E-state index contributed by atoms with van der Waals surface area (Å²) in [4.78, 5) is 31.8. The average Bonchev–Trinajstić information content (AvgIpc) is 2.93.